The molecule has 18 heavy (non-hydrogen) atoms. The van der Waals surface area contributed by atoms with E-state index in [1.165, 1.54) is 0 Å². The number of aliphatic carboxylic acids is 1. The molecule has 0 bridgehead atoms. The smallest absolute Gasteiger partial charge is 0.323 e. The van der Waals surface area contributed by atoms with Gasteiger partial charge in [0.05, 0.1) is 12.6 Å². The summed E-state index contributed by atoms with van der Waals surface area (Å²) in [6, 6.07) is 0. The SMILES string of the molecule is NC(=O)CN(CC(=O)O)C(=O)CCC1CCCO1. The van der Waals surface area contributed by atoms with Crippen molar-refractivity contribution in [3.8, 4) is 0 Å². The zero-order valence-corrected chi connectivity index (χ0v) is 10.1. The molecular weight excluding hydrogens is 240 g/mol. The Hall–Kier alpha value is -1.63. The minimum atomic E-state index is -1.17. The fraction of sp³-hybridized carbons (Fsp3) is 0.727. The van der Waals surface area contributed by atoms with Crippen molar-refractivity contribution in [3.05, 3.63) is 0 Å². The lowest BCUT2D eigenvalue weighted by atomic mass is 10.1. The van der Waals surface area contributed by atoms with E-state index in [1.807, 2.05) is 0 Å². The van der Waals surface area contributed by atoms with Gasteiger partial charge < -0.3 is 20.5 Å². The number of rotatable bonds is 7. The van der Waals surface area contributed by atoms with E-state index >= 15 is 0 Å². The normalized spacial score (nSPS) is 18.6. The summed E-state index contributed by atoms with van der Waals surface area (Å²) in [5.41, 5.74) is 4.97. The largest absolute Gasteiger partial charge is 0.480 e. The van der Waals surface area contributed by atoms with Gasteiger partial charge in [0.2, 0.25) is 11.8 Å². The number of amides is 2. The van der Waals surface area contributed by atoms with Crippen LogP contribution in [0.4, 0.5) is 0 Å². The minimum absolute atomic E-state index is 0.0641. The number of ether oxygens (including phenoxy) is 1. The lowest BCUT2D eigenvalue weighted by Gasteiger charge is -2.19. The molecule has 0 aromatic rings. The van der Waals surface area contributed by atoms with Crippen LogP contribution < -0.4 is 5.73 Å². The molecule has 0 aliphatic carbocycles. The van der Waals surface area contributed by atoms with E-state index in [4.69, 9.17) is 15.6 Å². The molecule has 0 saturated carbocycles. The van der Waals surface area contributed by atoms with Crippen molar-refractivity contribution in [2.24, 2.45) is 5.73 Å². The predicted molar refractivity (Wildman–Crippen MR) is 61.6 cm³/mol. The summed E-state index contributed by atoms with van der Waals surface area (Å²) in [6.45, 7) is -0.164. The van der Waals surface area contributed by atoms with Crippen molar-refractivity contribution in [3.63, 3.8) is 0 Å². The zero-order chi connectivity index (χ0) is 13.5. The molecule has 102 valence electrons. The molecule has 0 spiro atoms. The maximum absolute atomic E-state index is 11.8. The van der Waals surface area contributed by atoms with Gasteiger partial charge in [0.25, 0.3) is 0 Å². The first-order chi connectivity index (χ1) is 8.49. The van der Waals surface area contributed by atoms with Crippen LogP contribution >= 0.6 is 0 Å². The number of nitrogens with zero attached hydrogens (tertiary/aromatic N) is 1. The second-order valence-corrected chi connectivity index (χ2v) is 4.28. The Kier molecular flexibility index (Phi) is 5.57. The van der Waals surface area contributed by atoms with E-state index in [1.54, 1.807) is 0 Å². The number of carbonyl (C=O) groups is 3. The number of carboxylic acid groups (broad SMARTS) is 1. The van der Waals surface area contributed by atoms with Gasteiger partial charge >= 0.3 is 5.97 Å². The Labute approximate surface area is 105 Å². The Morgan fingerprint density at radius 3 is 2.56 bits per heavy atom. The van der Waals surface area contributed by atoms with Gasteiger partial charge in [-0.1, -0.05) is 0 Å². The summed E-state index contributed by atoms with van der Waals surface area (Å²) in [6.07, 6.45) is 2.69. The Balaban J connectivity index is 2.41. The Morgan fingerprint density at radius 2 is 2.06 bits per heavy atom. The van der Waals surface area contributed by atoms with Crippen LogP contribution in [0.1, 0.15) is 25.7 Å². The number of carboxylic acids is 1. The minimum Gasteiger partial charge on any atom is -0.480 e. The number of nitrogens with two attached hydrogens (primary N) is 1. The number of carbonyl (C=O) groups excluding carboxylic acids is 2. The second-order valence-electron chi connectivity index (χ2n) is 4.28. The van der Waals surface area contributed by atoms with E-state index < -0.39 is 18.4 Å². The van der Waals surface area contributed by atoms with Crippen LogP contribution in [0.15, 0.2) is 0 Å². The molecule has 1 heterocycles. The van der Waals surface area contributed by atoms with Gasteiger partial charge in [0.15, 0.2) is 0 Å². The third kappa shape index (κ3) is 5.13. The highest BCUT2D eigenvalue weighted by molar-refractivity contribution is 5.86. The molecule has 1 aliphatic heterocycles. The fourth-order valence-electron chi connectivity index (χ4n) is 1.90. The third-order valence-electron chi connectivity index (χ3n) is 2.73. The standard InChI is InChI=1S/C11H18N2O5/c12-9(14)6-13(7-11(16)17)10(15)4-3-8-2-1-5-18-8/h8H,1-7H2,(H2,12,14)(H,16,17). The summed E-state index contributed by atoms with van der Waals surface area (Å²) >= 11 is 0. The number of hydrogen-bond acceptors (Lipinski definition) is 4. The molecule has 2 amide bonds. The van der Waals surface area contributed by atoms with Crippen LogP contribution in [0.25, 0.3) is 0 Å². The average Bonchev–Trinajstić information content (AvgIpc) is 2.76. The molecule has 1 unspecified atom stereocenters. The molecule has 1 fully saturated rings. The molecular formula is C11H18N2O5. The molecule has 0 aromatic heterocycles. The van der Waals surface area contributed by atoms with Gasteiger partial charge in [-0.15, -0.1) is 0 Å². The van der Waals surface area contributed by atoms with Gasteiger partial charge in [-0.05, 0) is 19.3 Å². The van der Waals surface area contributed by atoms with Crippen LogP contribution in [0.3, 0.4) is 0 Å². The van der Waals surface area contributed by atoms with Crippen LogP contribution in [-0.2, 0) is 19.1 Å². The van der Waals surface area contributed by atoms with Crippen LogP contribution in [-0.4, -0.2) is 53.6 Å². The third-order valence-corrected chi connectivity index (χ3v) is 2.73. The molecule has 7 heteroatoms. The van der Waals surface area contributed by atoms with E-state index in [0.29, 0.717) is 13.0 Å². The Morgan fingerprint density at radius 1 is 1.33 bits per heavy atom. The molecule has 3 N–H and O–H groups in total. The van der Waals surface area contributed by atoms with Crippen molar-refractivity contribution < 1.29 is 24.2 Å². The van der Waals surface area contributed by atoms with E-state index in [-0.39, 0.29) is 25.0 Å². The molecule has 1 atom stereocenters. The maximum atomic E-state index is 11.8. The van der Waals surface area contributed by atoms with Crippen LogP contribution in [0, 0.1) is 0 Å². The van der Waals surface area contributed by atoms with E-state index in [9.17, 15) is 14.4 Å². The van der Waals surface area contributed by atoms with Gasteiger partial charge in [0.1, 0.15) is 6.54 Å². The lowest BCUT2D eigenvalue weighted by molar-refractivity contribution is -0.145. The first-order valence-corrected chi connectivity index (χ1v) is 5.88. The van der Waals surface area contributed by atoms with Crippen LogP contribution in [0.5, 0.6) is 0 Å². The molecule has 1 aliphatic rings. The molecule has 7 nitrogen and oxygen atoms in total. The van der Waals surface area contributed by atoms with Crippen molar-refractivity contribution in [1.29, 1.82) is 0 Å². The molecule has 1 saturated heterocycles. The topological polar surface area (TPSA) is 110 Å². The molecule has 1 rings (SSSR count). The summed E-state index contributed by atoms with van der Waals surface area (Å²) in [5.74, 6) is -2.27. The summed E-state index contributed by atoms with van der Waals surface area (Å²) in [7, 11) is 0. The monoisotopic (exact) mass is 258 g/mol. The average molecular weight is 258 g/mol. The fourth-order valence-corrected chi connectivity index (χ4v) is 1.90. The zero-order valence-electron chi connectivity index (χ0n) is 10.1. The van der Waals surface area contributed by atoms with E-state index in [0.717, 1.165) is 17.7 Å². The maximum Gasteiger partial charge on any atom is 0.323 e. The highest BCUT2D eigenvalue weighted by Gasteiger charge is 2.21. The van der Waals surface area contributed by atoms with Gasteiger partial charge in [0, 0.05) is 13.0 Å². The van der Waals surface area contributed by atoms with Gasteiger partial charge in [-0.2, -0.15) is 0 Å². The summed E-state index contributed by atoms with van der Waals surface area (Å²) in [4.78, 5) is 34.1. The van der Waals surface area contributed by atoms with Gasteiger partial charge in [-0.25, -0.2) is 0 Å². The molecule has 0 aromatic carbocycles. The highest BCUT2D eigenvalue weighted by Crippen LogP contribution is 2.17. The number of primary amides is 1. The van der Waals surface area contributed by atoms with E-state index in [2.05, 4.69) is 0 Å². The second kappa shape index (κ2) is 6.95. The predicted octanol–water partition coefficient (Wildman–Crippen LogP) is -0.656. The van der Waals surface area contributed by atoms with Crippen molar-refractivity contribution in [2.45, 2.75) is 31.8 Å². The lowest BCUT2D eigenvalue weighted by Crippen LogP contribution is -2.41. The Bertz CT molecular complexity index is 309. The highest BCUT2D eigenvalue weighted by atomic mass is 16.5. The number of hydrogen-bond donors (Lipinski definition) is 2. The summed E-state index contributed by atoms with van der Waals surface area (Å²) in [5, 5.41) is 8.65. The van der Waals surface area contributed by atoms with Crippen molar-refractivity contribution in [2.75, 3.05) is 19.7 Å². The quantitative estimate of drug-likeness (QED) is 0.630. The van der Waals surface area contributed by atoms with Crippen molar-refractivity contribution in [1.82, 2.24) is 4.90 Å². The molecule has 0 radical (unpaired) electrons. The summed E-state index contributed by atoms with van der Waals surface area (Å²) < 4.78 is 5.37. The first-order valence-electron chi connectivity index (χ1n) is 5.88. The van der Waals surface area contributed by atoms with Crippen LogP contribution in [0.2, 0.25) is 0 Å². The first kappa shape index (κ1) is 14.4. The van der Waals surface area contributed by atoms with Gasteiger partial charge in [-0.3, -0.25) is 14.4 Å². The van der Waals surface area contributed by atoms with Crippen molar-refractivity contribution >= 4 is 17.8 Å².